The molecule has 0 radical (unpaired) electrons. The molecule has 0 spiro atoms. The van der Waals surface area contributed by atoms with Gasteiger partial charge in [0.1, 0.15) is 0 Å². The largest absolute Gasteiger partial charge is 0.443 e. The predicted octanol–water partition coefficient (Wildman–Crippen LogP) is 1.59. The van der Waals surface area contributed by atoms with Crippen molar-refractivity contribution in [2.24, 2.45) is 0 Å². The van der Waals surface area contributed by atoms with Crippen molar-refractivity contribution in [2.45, 2.75) is 32.7 Å². The second kappa shape index (κ2) is 5.12. The van der Waals surface area contributed by atoms with Crippen LogP contribution in [0.5, 0.6) is 5.88 Å². The third-order valence-corrected chi connectivity index (χ3v) is 2.59. The van der Waals surface area contributed by atoms with Crippen LogP contribution in [0, 0.1) is 0 Å². The Hall–Kier alpha value is -1.36. The Balaban J connectivity index is 1.88. The molecule has 1 fully saturated rings. The first-order chi connectivity index (χ1) is 7.74. The number of oxazole rings is 1. The zero-order valence-electron chi connectivity index (χ0n) is 9.44. The lowest BCUT2D eigenvalue weighted by Gasteiger charge is -2.24. The van der Waals surface area contributed by atoms with E-state index in [1.165, 1.54) is 32.4 Å². The van der Waals surface area contributed by atoms with Crippen LogP contribution in [0.2, 0.25) is 0 Å². The van der Waals surface area contributed by atoms with Gasteiger partial charge in [0.25, 0.3) is 5.88 Å². The highest BCUT2D eigenvalue weighted by Crippen LogP contribution is 2.15. The van der Waals surface area contributed by atoms with Crippen LogP contribution < -0.4 is 4.74 Å². The number of esters is 1. The van der Waals surface area contributed by atoms with E-state index in [0.717, 1.165) is 13.1 Å². The number of nitrogens with zero attached hydrogens (tertiary/aromatic N) is 2. The maximum atomic E-state index is 10.7. The fourth-order valence-electron chi connectivity index (χ4n) is 1.87. The number of carbonyl (C=O) groups is 1. The zero-order valence-corrected chi connectivity index (χ0v) is 9.44. The Morgan fingerprint density at radius 3 is 2.94 bits per heavy atom. The Morgan fingerprint density at radius 1 is 1.50 bits per heavy atom. The van der Waals surface area contributed by atoms with E-state index in [9.17, 15) is 4.79 Å². The Morgan fingerprint density at radius 2 is 2.25 bits per heavy atom. The van der Waals surface area contributed by atoms with Gasteiger partial charge in [-0.3, -0.25) is 9.69 Å². The van der Waals surface area contributed by atoms with Crippen molar-refractivity contribution >= 4 is 5.97 Å². The summed E-state index contributed by atoms with van der Waals surface area (Å²) in [7, 11) is 0. The normalized spacial score (nSPS) is 17.3. The molecule has 16 heavy (non-hydrogen) atoms. The number of carbonyl (C=O) groups excluding carboxylic acids is 1. The molecule has 5 nitrogen and oxygen atoms in total. The first-order valence-corrected chi connectivity index (χ1v) is 5.59. The number of aromatic nitrogens is 1. The van der Waals surface area contributed by atoms with Crippen molar-refractivity contribution in [1.29, 1.82) is 0 Å². The summed E-state index contributed by atoms with van der Waals surface area (Å²) in [5.41, 5.74) is 0. The van der Waals surface area contributed by atoms with Crippen LogP contribution >= 0.6 is 0 Å². The fourth-order valence-corrected chi connectivity index (χ4v) is 1.87. The molecule has 1 saturated heterocycles. The van der Waals surface area contributed by atoms with Gasteiger partial charge in [0.2, 0.25) is 5.89 Å². The molecule has 1 aliphatic heterocycles. The number of rotatable bonds is 3. The van der Waals surface area contributed by atoms with Crippen LogP contribution in [0.4, 0.5) is 0 Å². The van der Waals surface area contributed by atoms with Crippen molar-refractivity contribution in [3.8, 4) is 5.88 Å². The summed E-state index contributed by atoms with van der Waals surface area (Å²) in [4.78, 5) is 17.1. The fraction of sp³-hybridized carbons (Fsp3) is 0.636. The van der Waals surface area contributed by atoms with Gasteiger partial charge < -0.3 is 9.15 Å². The van der Waals surface area contributed by atoms with E-state index in [0.29, 0.717) is 12.4 Å². The van der Waals surface area contributed by atoms with E-state index in [4.69, 9.17) is 9.15 Å². The van der Waals surface area contributed by atoms with Gasteiger partial charge in [-0.05, 0) is 25.9 Å². The van der Waals surface area contributed by atoms with E-state index in [1.807, 2.05) is 0 Å². The summed E-state index contributed by atoms with van der Waals surface area (Å²) in [6.45, 7) is 4.22. The van der Waals surface area contributed by atoms with E-state index < -0.39 is 0 Å². The Kier molecular flexibility index (Phi) is 3.56. The molecule has 0 atom stereocenters. The molecule has 0 aliphatic carbocycles. The summed E-state index contributed by atoms with van der Waals surface area (Å²) in [6.07, 6.45) is 5.15. The van der Waals surface area contributed by atoms with Crippen LogP contribution in [0.3, 0.4) is 0 Å². The van der Waals surface area contributed by atoms with Crippen molar-refractivity contribution in [1.82, 2.24) is 9.88 Å². The van der Waals surface area contributed by atoms with E-state index in [1.54, 1.807) is 0 Å². The third kappa shape index (κ3) is 3.06. The molecule has 0 N–H and O–H groups in total. The van der Waals surface area contributed by atoms with Crippen molar-refractivity contribution in [3.63, 3.8) is 0 Å². The van der Waals surface area contributed by atoms with Crippen molar-refractivity contribution in [2.75, 3.05) is 13.1 Å². The van der Waals surface area contributed by atoms with Crippen molar-refractivity contribution < 1.29 is 13.9 Å². The third-order valence-electron chi connectivity index (χ3n) is 2.59. The lowest BCUT2D eigenvalue weighted by Crippen LogP contribution is -2.29. The van der Waals surface area contributed by atoms with Gasteiger partial charge in [-0.15, -0.1) is 0 Å². The number of hydrogen-bond acceptors (Lipinski definition) is 5. The SMILES string of the molecule is CC(=O)Oc1coc(CN2CCCCC2)n1. The molecular formula is C11H16N2O3. The van der Waals surface area contributed by atoms with Crippen LogP contribution in [0.1, 0.15) is 32.1 Å². The maximum absolute atomic E-state index is 10.7. The first-order valence-electron chi connectivity index (χ1n) is 5.59. The highest BCUT2D eigenvalue weighted by molar-refractivity contribution is 5.68. The van der Waals surface area contributed by atoms with Crippen LogP contribution in [0.15, 0.2) is 10.7 Å². The average Bonchev–Trinajstić information content (AvgIpc) is 2.66. The molecule has 0 amide bonds. The molecule has 0 saturated carbocycles. The van der Waals surface area contributed by atoms with Crippen molar-refractivity contribution in [3.05, 3.63) is 12.2 Å². The van der Waals surface area contributed by atoms with Gasteiger partial charge in [-0.2, -0.15) is 4.98 Å². The lowest BCUT2D eigenvalue weighted by atomic mass is 10.1. The Labute approximate surface area is 94.4 Å². The molecule has 5 heteroatoms. The molecule has 1 aromatic rings. The zero-order chi connectivity index (χ0) is 11.4. The molecule has 0 unspecified atom stereocenters. The molecule has 88 valence electrons. The minimum Gasteiger partial charge on any atom is -0.443 e. The van der Waals surface area contributed by atoms with Gasteiger partial charge in [0.15, 0.2) is 6.26 Å². The Bertz CT molecular complexity index is 356. The topological polar surface area (TPSA) is 55.6 Å². The van der Waals surface area contributed by atoms with Crippen LogP contribution in [-0.4, -0.2) is 28.9 Å². The molecule has 0 aromatic carbocycles. The quantitative estimate of drug-likeness (QED) is 0.730. The van der Waals surface area contributed by atoms with Gasteiger partial charge >= 0.3 is 5.97 Å². The number of likely N-dealkylation sites (tertiary alicyclic amines) is 1. The highest BCUT2D eigenvalue weighted by atomic mass is 16.5. The second-order valence-corrected chi connectivity index (χ2v) is 4.01. The van der Waals surface area contributed by atoms with Crippen LogP contribution in [-0.2, 0) is 11.3 Å². The summed E-state index contributed by atoms with van der Waals surface area (Å²) in [5.74, 6) is 0.482. The lowest BCUT2D eigenvalue weighted by molar-refractivity contribution is -0.132. The number of hydrogen-bond donors (Lipinski definition) is 0. The first kappa shape index (κ1) is 11.1. The summed E-state index contributed by atoms with van der Waals surface area (Å²) < 4.78 is 10.1. The number of piperidine rings is 1. The van der Waals surface area contributed by atoms with Gasteiger partial charge in [-0.25, -0.2) is 0 Å². The number of ether oxygens (including phenoxy) is 1. The summed E-state index contributed by atoms with van der Waals surface area (Å²) >= 11 is 0. The van der Waals surface area contributed by atoms with Crippen LogP contribution in [0.25, 0.3) is 0 Å². The smallest absolute Gasteiger partial charge is 0.309 e. The molecule has 0 bridgehead atoms. The second-order valence-electron chi connectivity index (χ2n) is 4.01. The monoisotopic (exact) mass is 224 g/mol. The minimum absolute atomic E-state index is 0.250. The van der Waals surface area contributed by atoms with Gasteiger partial charge in [0, 0.05) is 6.92 Å². The molecule has 2 rings (SSSR count). The van der Waals surface area contributed by atoms with E-state index >= 15 is 0 Å². The minimum atomic E-state index is -0.377. The van der Waals surface area contributed by atoms with Gasteiger partial charge in [-0.1, -0.05) is 6.42 Å². The maximum Gasteiger partial charge on any atom is 0.309 e. The molecular weight excluding hydrogens is 208 g/mol. The average molecular weight is 224 g/mol. The van der Waals surface area contributed by atoms with E-state index in [-0.39, 0.29) is 11.8 Å². The molecule has 1 aromatic heterocycles. The predicted molar refractivity (Wildman–Crippen MR) is 56.9 cm³/mol. The van der Waals surface area contributed by atoms with Gasteiger partial charge in [0.05, 0.1) is 6.54 Å². The van der Waals surface area contributed by atoms with E-state index in [2.05, 4.69) is 9.88 Å². The molecule has 1 aliphatic rings. The highest BCUT2D eigenvalue weighted by Gasteiger charge is 2.14. The summed E-state index contributed by atoms with van der Waals surface area (Å²) in [6, 6.07) is 0. The summed E-state index contributed by atoms with van der Waals surface area (Å²) in [5, 5.41) is 0. The standard InChI is InChI=1S/C11H16N2O3/c1-9(14)16-11-8-15-10(12-11)7-13-5-3-2-4-6-13/h8H,2-7H2,1H3. The molecule has 2 heterocycles.